The number of carbonyl (C=O) groups excluding carboxylic acids is 1. The lowest BCUT2D eigenvalue weighted by Crippen LogP contribution is -2.62. The van der Waals surface area contributed by atoms with Crippen LogP contribution in [0.3, 0.4) is 0 Å². The fourth-order valence-corrected chi connectivity index (χ4v) is 22.4. The topological polar surface area (TPSA) is 63.2 Å². The van der Waals surface area contributed by atoms with Crippen LogP contribution in [0, 0.1) is 0 Å². The molecule has 0 heterocycles. The van der Waals surface area contributed by atoms with Crippen molar-refractivity contribution in [1.29, 1.82) is 0 Å². The zero-order valence-electron chi connectivity index (χ0n) is 22.2. The fourth-order valence-electron chi connectivity index (χ4n) is 3.35. The molecule has 0 aliphatic rings. The number of hydrogen-bond acceptors (Lipinski definition) is 6. The van der Waals surface area contributed by atoms with E-state index in [0.717, 1.165) is 11.2 Å². The van der Waals surface area contributed by atoms with Crippen LogP contribution in [-0.4, -0.2) is 55.6 Å². The van der Waals surface area contributed by atoms with Crippen molar-refractivity contribution >= 4 is 54.2 Å². The van der Waals surface area contributed by atoms with Gasteiger partial charge in [0.2, 0.25) is 0 Å². The highest BCUT2D eigenvalue weighted by Gasteiger charge is 2.45. The minimum Gasteiger partial charge on any atom is -0.462 e. The Morgan fingerprint density at radius 2 is 1.45 bits per heavy atom. The van der Waals surface area contributed by atoms with Gasteiger partial charge in [0.25, 0.3) is 0 Å². The summed E-state index contributed by atoms with van der Waals surface area (Å²) in [6.45, 7) is 25.0. The van der Waals surface area contributed by atoms with Crippen LogP contribution < -0.4 is 5.19 Å². The highest BCUT2D eigenvalue weighted by Crippen LogP contribution is 2.24. The maximum Gasteiger partial charge on any atom is 0.350 e. The smallest absolute Gasteiger partial charge is 0.350 e. The molecule has 0 bridgehead atoms. The minimum absolute atomic E-state index is 0.339. The average molecular weight is 545 g/mol. The van der Waals surface area contributed by atoms with Crippen molar-refractivity contribution in [2.75, 3.05) is 6.61 Å². The number of ether oxygens (including phenoxy) is 1. The van der Waals surface area contributed by atoms with Crippen LogP contribution in [0.4, 0.5) is 0 Å². The van der Waals surface area contributed by atoms with Crippen LogP contribution in [0.15, 0.2) is 42.5 Å². The Labute approximate surface area is 207 Å². The molecule has 0 amide bonds. The van der Waals surface area contributed by atoms with Crippen molar-refractivity contribution in [3.63, 3.8) is 0 Å². The van der Waals surface area contributed by atoms with Crippen LogP contribution in [-0.2, 0) is 26.0 Å². The maximum absolute atomic E-state index is 11.7. The van der Waals surface area contributed by atoms with Gasteiger partial charge < -0.3 is 21.2 Å². The molecule has 0 radical (unpaired) electrons. The summed E-state index contributed by atoms with van der Waals surface area (Å²) in [5.41, 5.74) is 0.410. The predicted molar refractivity (Wildman–Crippen MR) is 149 cm³/mol. The van der Waals surface area contributed by atoms with Gasteiger partial charge in [-0.3, -0.25) is 0 Å². The van der Waals surface area contributed by atoms with E-state index >= 15 is 0 Å². The van der Waals surface area contributed by atoms with Gasteiger partial charge in [0, 0.05) is 5.57 Å². The van der Waals surface area contributed by atoms with Gasteiger partial charge in [-0.25, -0.2) is 4.79 Å². The molecule has 2 atom stereocenters. The third kappa shape index (κ3) is 12.6. The summed E-state index contributed by atoms with van der Waals surface area (Å²) >= 11 is 0. The quantitative estimate of drug-likeness (QED) is 0.140. The fraction of sp³-hybridized carbons (Fsp3) is 0.591. The van der Waals surface area contributed by atoms with E-state index in [1.807, 2.05) is 18.2 Å². The second-order valence-electron chi connectivity index (χ2n) is 10.9. The van der Waals surface area contributed by atoms with E-state index in [1.165, 1.54) is 0 Å². The van der Waals surface area contributed by atoms with Gasteiger partial charge >= 0.3 is 32.4 Å². The largest absolute Gasteiger partial charge is 0.462 e. The summed E-state index contributed by atoms with van der Waals surface area (Å²) < 4.78 is 32.0. The minimum atomic E-state index is -2.69. The summed E-state index contributed by atoms with van der Waals surface area (Å²) in [6, 6.07) is 11.0. The van der Waals surface area contributed by atoms with Gasteiger partial charge in [-0.15, -0.1) is 0 Å². The summed E-state index contributed by atoms with van der Waals surface area (Å²) in [6.07, 6.45) is 0.698. The Kier molecular flexibility index (Phi) is 11.4. The van der Waals surface area contributed by atoms with Crippen LogP contribution >= 0.6 is 0 Å². The molecule has 1 aromatic carbocycles. The van der Waals surface area contributed by atoms with Crippen molar-refractivity contribution in [3.8, 4) is 0 Å². The molecule has 0 N–H and O–H groups in total. The van der Waals surface area contributed by atoms with Crippen LogP contribution in [0.2, 0.25) is 65.0 Å². The third-order valence-electron chi connectivity index (χ3n) is 4.31. The zero-order chi connectivity index (χ0) is 25.5. The lowest BCUT2D eigenvalue weighted by atomic mass is 10.4. The van der Waals surface area contributed by atoms with E-state index in [1.54, 1.807) is 6.92 Å². The molecule has 0 fully saturated rings. The van der Waals surface area contributed by atoms with Crippen molar-refractivity contribution < 1.29 is 26.0 Å². The molecule has 2 unspecified atom stereocenters. The molecule has 0 aliphatic carbocycles. The van der Waals surface area contributed by atoms with Gasteiger partial charge in [-0.05, 0) is 83.5 Å². The molecule has 6 nitrogen and oxygen atoms in total. The first kappa shape index (κ1) is 30.4. The number of benzene rings is 1. The summed E-state index contributed by atoms with van der Waals surface area (Å²) in [5, 5.41) is 1.12. The standard InChI is InChI=1S/C22H44O6Si5/c1-20(2)22(23)24-18-15-19-29(25-30(3,4)5)26-32(9,10)28-33(11,27-31(6,7)8)21-16-13-12-14-17-21/h12-14,16-17,29H,1,15,18-19H2,2-11H3. The number of esters is 1. The first-order valence-electron chi connectivity index (χ1n) is 11.6. The van der Waals surface area contributed by atoms with Crippen molar-refractivity contribution in [3.05, 3.63) is 42.5 Å². The normalized spacial score (nSPS) is 15.6. The Morgan fingerprint density at radius 1 is 0.879 bits per heavy atom. The molecule has 1 rings (SSSR count). The highest BCUT2D eigenvalue weighted by molar-refractivity contribution is 6.94. The maximum atomic E-state index is 11.7. The third-order valence-corrected chi connectivity index (χ3v) is 21.3. The molecule has 0 saturated heterocycles. The molecule has 0 aliphatic heterocycles. The molecular weight excluding hydrogens is 501 g/mol. The number of carbonyl (C=O) groups is 1. The summed E-state index contributed by atoms with van der Waals surface area (Å²) in [5.74, 6) is -0.355. The Hall–Kier alpha value is -0.646. The summed E-state index contributed by atoms with van der Waals surface area (Å²) in [4.78, 5) is 11.7. The lowest BCUT2D eigenvalue weighted by Gasteiger charge is -2.41. The average Bonchev–Trinajstić information content (AvgIpc) is 2.61. The molecule has 0 saturated carbocycles. The van der Waals surface area contributed by atoms with Crippen molar-refractivity contribution in [2.24, 2.45) is 0 Å². The molecule has 188 valence electrons. The van der Waals surface area contributed by atoms with Crippen molar-refractivity contribution in [2.45, 2.75) is 78.3 Å². The molecule has 11 heteroatoms. The van der Waals surface area contributed by atoms with E-state index in [0.29, 0.717) is 18.6 Å². The molecule has 33 heavy (non-hydrogen) atoms. The van der Waals surface area contributed by atoms with E-state index in [2.05, 4.69) is 77.6 Å². The van der Waals surface area contributed by atoms with E-state index in [-0.39, 0.29) is 5.97 Å². The summed E-state index contributed by atoms with van der Waals surface area (Å²) in [7, 11) is -11.0. The number of hydrogen-bond donors (Lipinski definition) is 0. The van der Waals surface area contributed by atoms with E-state index < -0.39 is 43.0 Å². The number of rotatable bonds is 14. The van der Waals surface area contributed by atoms with Gasteiger partial charge in [-0.2, -0.15) is 0 Å². The van der Waals surface area contributed by atoms with Gasteiger partial charge in [-0.1, -0.05) is 36.9 Å². The molecule has 0 aromatic heterocycles. The van der Waals surface area contributed by atoms with E-state index in [9.17, 15) is 4.79 Å². The Balaban J connectivity index is 2.98. The Bertz CT molecular complexity index is 776. The monoisotopic (exact) mass is 544 g/mol. The zero-order valence-corrected chi connectivity index (χ0v) is 27.4. The Morgan fingerprint density at radius 3 is 1.94 bits per heavy atom. The van der Waals surface area contributed by atoms with Crippen LogP contribution in [0.1, 0.15) is 13.3 Å². The molecule has 0 spiro atoms. The highest BCUT2D eigenvalue weighted by atomic mass is 28.5. The van der Waals surface area contributed by atoms with Crippen LogP contribution in [0.5, 0.6) is 0 Å². The first-order chi connectivity index (χ1) is 14.9. The molecule has 1 aromatic rings. The van der Waals surface area contributed by atoms with Gasteiger partial charge in [0.1, 0.15) is 0 Å². The lowest BCUT2D eigenvalue weighted by molar-refractivity contribution is -0.138. The van der Waals surface area contributed by atoms with E-state index in [4.69, 9.17) is 21.2 Å². The second-order valence-corrected chi connectivity index (χ2v) is 29.5. The van der Waals surface area contributed by atoms with Crippen LogP contribution in [0.25, 0.3) is 0 Å². The molecular formula is C22H44O6Si5. The first-order valence-corrected chi connectivity index (χ1v) is 25.3. The van der Waals surface area contributed by atoms with Gasteiger partial charge in [0.05, 0.1) is 6.61 Å². The second kappa shape index (κ2) is 12.4. The van der Waals surface area contributed by atoms with Crippen molar-refractivity contribution in [1.82, 2.24) is 0 Å². The SMILES string of the molecule is C=C(C)C(=O)OCCC[SiH](O[Si](C)(C)C)O[Si](C)(C)O[Si](C)(O[Si](C)(C)C)c1ccccc1. The predicted octanol–water partition coefficient (Wildman–Crippen LogP) is 5.13. The van der Waals surface area contributed by atoms with Gasteiger partial charge in [0.15, 0.2) is 16.6 Å².